The van der Waals surface area contributed by atoms with Crippen molar-refractivity contribution in [3.8, 4) is 0 Å². The van der Waals surface area contributed by atoms with Crippen molar-refractivity contribution in [2.75, 3.05) is 12.8 Å². The SMILES string of the molecule is CCC(C)[C@H](C(=O)N[C@@H](Cc1ccc(Cl)c(Cl)c1)C(=O)NCc1ccc(N)nc1)N(C)C(=O)OC(C)(C)C. The number of hydrogen-bond donors (Lipinski definition) is 3. The first-order chi connectivity index (χ1) is 17.7. The second-order valence-corrected chi connectivity index (χ2v) is 11.1. The summed E-state index contributed by atoms with van der Waals surface area (Å²) in [6.07, 6.45) is 1.72. The van der Waals surface area contributed by atoms with Gasteiger partial charge in [0.1, 0.15) is 23.5 Å². The number of likely N-dealkylation sites (N-methyl/N-ethyl adjacent to an activating group) is 1. The van der Waals surface area contributed by atoms with Crippen LogP contribution in [0.1, 0.15) is 52.2 Å². The fourth-order valence-corrected chi connectivity index (χ4v) is 4.03. The van der Waals surface area contributed by atoms with E-state index >= 15 is 0 Å². The van der Waals surface area contributed by atoms with E-state index in [1.165, 1.54) is 11.9 Å². The van der Waals surface area contributed by atoms with Crippen LogP contribution in [0.15, 0.2) is 36.5 Å². The molecule has 11 heteroatoms. The number of halogens is 2. The quantitative estimate of drug-likeness (QED) is 0.386. The summed E-state index contributed by atoms with van der Waals surface area (Å²) in [5, 5.41) is 6.40. The molecular weight excluding hydrogens is 529 g/mol. The van der Waals surface area contributed by atoms with E-state index in [2.05, 4.69) is 15.6 Å². The number of benzene rings is 1. The number of hydrogen-bond acceptors (Lipinski definition) is 6. The number of nitrogens with two attached hydrogens (primary N) is 1. The van der Waals surface area contributed by atoms with E-state index in [0.717, 1.165) is 5.56 Å². The maximum Gasteiger partial charge on any atom is 0.410 e. The van der Waals surface area contributed by atoms with Gasteiger partial charge in [0.2, 0.25) is 11.8 Å². The number of carbonyl (C=O) groups is 3. The Morgan fingerprint density at radius 1 is 1.08 bits per heavy atom. The highest BCUT2D eigenvalue weighted by atomic mass is 35.5. The van der Waals surface area contributed by atoms with Crippen LogP contribution < -0.4 is 16.4 Å². The molecule has 0 saturated heterocycles. The maximum absolute atomic E-state index is 13.6. The van der Waals surface area contributed by atoms with Gasteiger partial charge in [0.25, 0.3) is 0 Å². The Labute approximate surface area is 234 Å². The van der Waals surface area contributed by atoms with E-state index in [1.807, 2.05) is 13.8 Å². The van der Waals surface area contributed by atoms with Gasteiger partial charge in [0.05, 0.1) is 10.0 Å². The third-order valence-corrected chi connectivity index (χ3v) is 6.66. The van der Waals surface area contributed by atoms with E-state index in [9.17, 15) is 14.4 Å². The van der Waals surface area contributed by atoms with Crippen LogP contribution in [0.3, 0.4) is 0 Å². The van der Waals surface area contributed by atoms with Gasteiger partial charge in [-0.2, -0.15) is 0 Å². The van der Waals surface area contributed by atoms with Gasteiger partial charge >= 0.3 is 6.09 Å². The number of amides is 3. The fraction of sp³-hybridized carbons (Fsp3) is 0.481. The van der Waals surface area contributed by atoms with Gasteiger partial charge in [-0.15, -0.1) is 0 Å². The zero-order valence-electron chi connectivity index (χ0n) is 22.7. The first kappa shape index (κ1) is 31.2. The molecule has 3 atom stereocenters. The number of aromatic nitrogens is 1. The van der Waals surface area contributed by atoms with Crippen molar-refractivity contribution in [3.63, 3.8) is 0 Å². The van der Waals surface area contributed by atoms with Gasteiger partial charge in [-0.3, -0.25) is 14.5 Å². The predicted octanol–water partition coefficient (Wildman–Crippen LogP) is 4.60. The number of ether oxygens (including phenoxy) is 1. The number of nitrogens with one attached hydrogen (secondary N) is 2. The van der Waals surface area contributed by atoms with Gasteiger partial charge in [-0.05, 0) is 56.0 Å². The standard InChI is InChI=1S/C27H37Cl2N5O4/c1-7-16(2)23(34(6)26(37)38-27(3,4)5)25(36)33-21(13-17-8-10-19(28)20(29)12-17)24(35)32-15-18-9-11-22(30)31-14-18/h8-12,14,16,21,23H,7,13,15H2,1-6H3,(H2,30,31)(H,32,35)(H,33,36)/t16?,21-,23+/m0/s1. The smallest absolute Gasteiger partial charge is 0.410 e. The van der Waals surface area contributed by atoms with Crippen LogP contribution in [0.4, 0.5) is 10.6 Å². The summed E-state index contributed by atoms with van der Waals surface area (Å²) < 4.78 is 5.48. The lowest BCUT2D eigenvalue weighted by atomic mass is 9.96. The minimum absolute atomic E-state index is 0.151. The number of nitrogens with zero attached hydrogens (tertiary/aromatic N) is 2. The third-order valence-electron chi connectivity index (χ3n) is 5.92. The highest BCUT2D eigenvalue weighted by molar-refractivity contribution is 6.42. The molecule has 9 nitrogen and oxygen atoms in total. The lowest BCUT2D eigenvalue weighted by Gasteiger charge is -2.34. The molecule has 0 aliphatic heterocycles. The van der Waals surface area contributed by atoms with Crippen molar-refractivity contribution in [2.45, 2.75) is 71.7 Å². The largest absolute Gasteiger partial charge is 0.444 e. The summed E-state index contributed by atoms with van der Waals surface area (Å²) in [5.74, 6) is -0.719. The Hall–Kier alpha value is -3.04. The van der Waals surface area contributed by atoms with Crippen molar-refractivity contribution in [3.05, 3.63) is 57.7 Å². The summed E-state index contributed by atoms with van der Waals surface area (Å²) in [7, 11) is 1.52. The molecule has 0 aliphatic carbocycles. The van der Waals surface area contributed by atoms with Crippen molar-refractivity contribution in [2.24, 2.45) is 5.92 Å². The van der Waals surface area contributed by atoms with Gasteiger partial charge in [0, 0.05) is 26.2 Å². The van der Waals surface area contributed by atoms with Crippen LogP contribution in [0, 0.1) is 5.92 Å². The summed E-state index contributed by atoms with van der Waals surface area (Å²) in [5.41, 5.74) is 6.36. The molecule has 0 saturated carbocycles. The first-order valence-corrected chi connectivity index (χ1v) is 13.2. The van der Waals surface area contributed by atoms with Crippen molar-refractivity contribution < 1.29 is 19.1 Å². The molecule has 2 aromatic rings. The zero-order valence-corrected chi connectivity index (χ0v) is 24.2. The molecule has 1 aromatic heterocycles. The summed E-state index contributed by atoms with van der Waals surface area (Å²) in [4.78, 5) is 45.0. The van der Waals surface area contributed by atoms with E-state index in [4.69, 9.17) is 33.7 Å². The molecule has 0 fully saturated rings. The second kappa shape index (κ2) is 13.7. The van der Waals surface area contributed by atoms with Gasteiger partial charge in [-0.1, -0.05) is 55.6 Å². The lowest BCUT2D eigenvalue weighted by Crippen LogP contribution is -2.57. The molecular formula is C27H37Cl2N5O4. The zero-order chi connectivity index (χ0) is 28.6. The Balaban J connectivity index is 2.29. The van der Waals surface area contributed by atoms with Crippen LogP contribution in [0.2, 0.25) is 10.0 Å². The number of pyridine rings is 1. The Bertz CT molecular complexity index is 1120. The molecule has 0 radical (unpaired) electrons. The normalized spacial score (nSPS) is 13.7. The molecule has 208 valence electrons. The van der Waals surface area contributed by atoms with E-state index in [1.54, 1.807) is 57.3 Å². The van der Waals surface area contributed by atoms with E-state index in [-0.39, 0.29) is 18.9 Å². The number of carbonyl (C=O) groups excluding carboxylic acids is 3. The van der Waals surface area contributed by atoms with Crippen LogP contribution in [-0.4, -0.2) is 52.5 Å². The highest BCUT2D eigenvalue weighted by Gasteiger charge is 2.35. The van der Waals surface area contributed by atoms with E-state index in [0.29, 0.717) is 27.8 Å². The second-order valence-electron chi connectivity index (χ2n) is 10.2. The minimum Gasteiger partial charge on any atom is -0.444 e. The van der Waals surface area contributed by atoms with Gasteiger partial charge in [-0.25, -0.2) is 9.78 Å². The average molecular weight is 567 g/mol. The molecule has 1 aromatic carbocycles. The van der Waals surface area contributed by atoms with Crippen molar-refractivity contribution in [1.29, 1.82) is 0 Å². The Kier molecular flexibility index (Phi) is 11.2. The monoisotopic (exact) mass is 565 g/mol. The maximum atomic E-state index is 13.6. The lowest BCUT2D eigenvalue weighted by molar-refractivity contribution is -0.132. The number of anilines is 1. The Morgan fingerprint density at radius 3 is 2.29 bits per heavy atom. The summed E-state index contributed by atoms with van der Waals surface area (Å²) >= 11 is 12.2. The molecule has 2 rings (SSSR count). The average Bonchev–Trinajstić information content (AvgIpc) is 2.84. The van der Waals surface area contributed by atoms with Gasteiger partial charge in [0.15, 0.2) is 0 Å². The third kappa shape index (κ3) is 9.36. The van der Waals surface area contributed by atoms with Crippen LogP contribution >= 0.6 is 23.2 Å². The van der Waals surface area contributed by atoms with Crippen LogP contribution in [-0.2, 0) is 27.3 Å². The molecule has 0 aliphatic rings. The summed E-state index contributed by atoms with van der Waals surface area (Å²) in [6.45, 7) is 9.25. The predicted molar refractivity (Wildman–Crippen MR) is 150 cm³/mol. The molecule has 0 spiro atoms. The summed E-state index contributed by atoms with van der Waals surface area (Å²) in [6, 6.07) is 6.60. The number of nitrogen functional groups attached to an aromatic ring is 1. The molecule has 3 amide bonds. The first-order valence-electron chi connectivity index (χ1n) is 12.4. The fourth-order valence-electron chi connectivity index (χ4n) is 3.71. The number of rotatable bonds is 10. The molecule has 1 unspecified atom stereocenters. The van der Waals surface area contributed by atoms with Gasteiger partial charge < -0.3 is 21.1 Å². The van der Waals surface area contributed by atoms with Crippen molar-refractivity contribution in [1.82, 2.24) is 20.5 Å². The topological polar surface area (TPSA) is 127 Å². The minimum atomic E-state index is -0.958. The highest BCUT2D eigenvalue weighted by Crippen LogP contribution is 2.24. The van der Waals surface area contributed by atoms with Crippen LogP contribution in [0.25, 0.3) is 0 Å². The van der Waals surface area contributed by atoms with Crippen molar-refractivity contribution >= 4 is 46.9 Å². The molecule has 0 bridgehead atoms. The Morgan fingerprint density at radius 2 is 1.74 bits per heavy atom. The molecule has 1 heterocycles. The molecule has 38 heavy (non-hydrogen) atoms. The van der Waals surface area contributed by atoms with Crippen LogP contribution in [0.5, 0.6) is 0 Å². The molecule has 4 N–H and O–H groups in total. The van der Waals surface area contributed by atoms with E-state index < -0.39 is 35.6 Å².